The summed E-state index contributed by atoms with van der Waals surface area (Å²) in [5.41, 5.74) is 11.5. The van der Waals surface area contributed by atoms with Crippen molar-refractivity contribution in [2.24, 2.45) is 5.73 Å². The average molecular weight is 231 g/mol. The SMILES string of the molecule is Cc1cc(C)c(-c2[nH][nH]c(=O)c2CN)c(C)c1. The van der Waals surface area contributed by atoms with Crippen LogP contribution < -0.4 is 11.3 Å². The molecule has 0 spiro atoms. The maximum Gasteiger partial charge on any atom is 0.269 e. The molecular weight excluding hydrogens is 214 g/mol. The van der Waals surface area contributed by atoms with Gasteiger partial charge in [-0.2, -0.15) is 0 Å². The van der Waals surface area contributed by atoms with Crippen molar-refractivity contribution in [2.75, 3.05) is 0 Å². The third-order valence-corrected chi connectivity index (χ3v) is 3.01. The zero-order valence-electron chi connectivity index (χ0n) is 10.3. The Morgan fingerprint density at radius 1 is 1.12 bits per heavy atom. The Labute approximate surface area is 99.8 Å². The summed E-state index contributed by atoms with van der Waals surface area (Å²) in [5.74, 6) is 0. The fraction of sp³-hybridized carbons (Fsp3) is 0.308. The number of H-pyrrole nitrogens is 2. The van der Waals surface area contributed by atoms with E-state index >= 15 is 0 Å². The summed E-state index contributed by atoms with van der Waals surface area (Å²) in [6, 6.07) is 4.21. The third kappa shape index (κ3) is 1.91. The van der Waals surface area contributed by atoms with Crippen molar-refractivity contribution < 1.29 is 0 Å². The van der Waals surface area contributed by atoms with Gasteiger partial charge in [-0.1, -0.05) is 17.7 Å². The lowest BCUT2D eigenvalue weighted by Gasteiger charge is -2.10. The Kier molecular flexibility index (Phi) is 2.90. The van der Waals surface area contributed by atoms with E-state index in [9.17, 15) is 4.79 Å². The van der Waals surface area contributed by atoms with Gasteiger partial charge in [-0.05, 0) is 31.9 Å². The van der Waals surface area contributed by atoms with Gasteiger partial charge in [0.05, 0.1) is 11.3 Å². The van der Waals surface area contributed by atoms with Crippen molar-refractivity contribution in [3.05, 3.63) is 44.7 Å². The average Bonchev–Trinajstić information content (AvgIpc) is 2.58. The molecule has 0 radical (unpaired) electrons. The van der Waals surface area contributed by atoms with Crippen molar-refractivity contribution in [1.82, 2.24) is 10.2 Å². The van der Waals surface area contributed by atoms with Crippen molar-refractivity contribution >= 4 is 0 Å². The second-order valence-electron chi connectivity index (χ2n) is 4.41. The molecule has 1 aromatic carbocycles. The lowest BCUT2D eigenvalue weighted by atomic mass is 9.95. The predicted octanol–water partition coefficient (Wildman–Crippen LogP) is 1.75. The van der Waals surface area contributed by atoms with Gasteiger partial charge in [-0.15, -0.1) is 0 Å². The van der Waals surface area contributed by atoms with Gasteiger partial charge in [0.25, 0.3) is 5.56 Å². The van der Waals surface area contributed by atoms with Crippen molar-refractivity contribution in [3.63, 3.8) is 0 Å². The van der Waals surface area contributed by atoms with E-state index in [0.717, 1.165) is 22.4 Å². The molecule has 0 atom stereocenters. The fourth-order valence-electron chi connectivity index (χ4n) is 2.37. The maximum atomic E-state index is 11.6. The molecule has 0 saturated carbocycles. The van der Waals surface area contributed by atoms with Crippen molar-refractivity contribution in [2.45, 2.75) is 27.3 Å². The second-order valence-corrected chi connectivity index (χ2v) is 4.41. The molecule has 2 aromatic rings. The van der Waals surface area contributed by atoms with E-state index < -0.39 is 0 Å². The van der Waals surface area contributed by atoms with Crippen LogP contribution in [0.15, 0.2) is 16.9 Å². The normalized spacial score (nSPS) is 10.8. The highest BCUT2D eigenvalue weighted by Gasteiger charge is 2.14. The van der Waals surface area contributed by atoms with Crippen molar-refractivity contribution in [3.8, 4) is 11.3 Å². The molecule has 4 N–H and O–H groups in total. The molecular formula is C13H17N3O. The van der Waals surface area contributed by atoms with Crippen LogP contribution in [-0.4, -0.2) is 10.2 Å². The van der Waals surface area contributed by atoms with Crippen LogP contribution in [0, 0.1) is 20.8 Å². The summed E-state index contributed by atoms with van der Waals surface area (Å²) in [6.45, 7) is 6.39. The molecule has 0 aliphatic rings. The minimum absolute atomic E-state index is 0.137. The van der Waals surface area contributed by atoms with Crippen LogP contribution in [0.1, 0.15) is 22.3 Å². The van der Waals surface area contributed by atoms with Gasteiger partial charge >= 0.3 is 0 Å². The first kappa shape index (κ1) is 11.7. The Hall–Kier alpha value is -1.81. The molecule has 2 rings (SSSR count). The molecule has 0 bridgehead atoms. The quantitative estimate of drug-likeness (QED) is 0.736. The predicted molar refractivity (Wildman–Crippen MR) is 69.0 cm³/mol. The number of benzene rings is 1. The van der Waals surface area contributed by atoms with Crippen LogP contribution in [-0.2, 0) is 6.54 Å². The fourth-order valence-corrected chi connectivity index (χ4v) is 2.37. The lowest BCUT2D eigenvalue weighted by molar-refractivity contribution is 1.04. The Morgan fingerprint density at radius 3 is 2.24 bits per heavy atom. The number of hydrogen-bond donors (Lipinski definition) is 3. The zero-order valence-corrected chi connectivity index (χ0v) is 10.3. The largest absolute Gasteiger partial charge is 0.326 e. The molecule has 1 heterocycles. The maximum absolute atomic E-state index is 11.6. The van der Waals surface area contributed by atoms with Crippen LogP contribution in [0.3, 0.4) is 0 Å². The first-order valence-corrected chi connectivity index (χ1v) is 5.62. The van der Waals surface area contributed by atoms with E-state index in [1.54, 1.807) is 0 Å². The smallest absolute Gasteiger partial charge is 0.269 e. The van der Waals surface area contributed by atoms with E-state index in [1.807, 2.05) is 13.8 Å². The van der Waals surface area contributed by atoms with E-state index in [2.05, 4.69) is 29.3 Å². The number of nitrogens with two attached hydrogens (primary N) is 1. The van der Waals surface area contributed by atoms with E-state index in [1.165, 1.54) is 5.56 Å². The molecule has 0 amide bonds. The first-order chi connectivity index (χ1) is 8.04. The van der Waals surface area contributed by atoms with E-state index in [4.69, 9.17) is 5.73 Å². The van der Waals surface area contributed by atoms with Gasteiger partial charge in [-0.3, -0.25) is 15.0 Å². The van der Waals surface area contributed by atoms with E-state index in [0.29, 0.717) is 5.56 Å². The first-order valence-electron chi connectivity index (χ1n) is 5.62. The third-order valence-electron chi connectivity index (χ3n) is 3.01. The van der Waals surface area contributed by atoms with Crippen molar-refractivity contribution in [1.29, 1.82) is 0 Å². The standard InChI is InChI=1S/C13H17N3O/c1-7-4-8(2)11(9(3)5-7)12-10(6-14)13(17)16-15-12/h4-5H,6,14H2,1-3H3,(H2,15,16,17). The molecule has 4 nitrogen and oxygen atoms in total. The Balaban J connectivity index is 2.72. The number of hydrogen-bond acceptors (Lipinski definition) is 2. The van der Waals surface area contributed by atoms with Crippen LogP contribution in [0.25, 0.3) is 11.3 Å². The zero-order chi connectivity index (χ0) is 12.6. The van der Waals surface area contributed by atoms with Gasteiger partial charge in [0.15, 0.2) is 0 Å². The van der Waals surface area contributed by atoms with Crippen LogP contribution >= 0.6 is 0 Å². The molecule has 1 aromatic heterocycles. The number of aromatic amines is 2. The van der Waals surface area contributed by atoms with Crippen LogP contribution in [0.4, 0.5) is 0 Å². The Bertz CT molecular complexity index is 584. The van der Waals surface area contributed by atoms with Crippen LogP contribution in [0.2, 0.25) is 0 Å². The molecule has 0 fully saturated rings. The minimum Gasteiger partial charge on any atom is -0.326 e. The van der Waals surface area contributed by atoms with Gasteiger partial charge in [0.1, 0.15) is 0 Å². The summed E-state index contributed by atoms with van der Waals surface area (Å²) in [5, 5.41) is 5.52. The highest BCUT2D eigenvalue weighted by Crippen LogP contribution is 2.27. The molecule has 90 valence electrons. The second kappa shape index (κ2) is 4.22. The monoisotopic (exact) mass is 231 g/mol. The van der Waals surface area contributed by atoms with Crippen LogP contribution in [0.5, 0.6) is 0 Å². The summed E-state index contributed by atoms with van der Waals surface area (Å²) in [6.07, 6.45) is 0. The van der Waals surface area contributed by atoms with Gasteiger partial charge < -0.3 is 5.73 Å². The summed E-state index contributed by atoms with van der Waals surface area (Å²) < 4.78 is 0. The topological polar surface area (TPSA) is 74.7 Å². The highest BCUT2D eigenvalue weighted by molar-refractivity contribution is 5.70. The number of nitrogens with one attached hydrogen (secondary N) is 2. The van der Waals surface area contributed by atoms with Gasteiger partial charge in [-0.25, -0.2) is 0 Å². The minimum atomic E-state index is -0.137. The molecule has 17 heavy (non-hydrogen) atoms. The van der Waals surface area contributed by atoms with Gasteiger partial charge in [0, 0.05) is 12.1 Å². The number of aryl methyl sites for hydroxylation is 3. The molecule has 4 heteroatoms. The summed E-state index contributed by atoms with van der Waals surface area (Å²) in [4.78, 5) is 11.6. The number of rotatable bonds is 2. The van der Waals surface area contributed by atoms with E-state index in [-0.39, 0.29) is 12.1 Å². The molecule has 0 unspecified atom stereocenters. The lowest BCUT2D eigenvalue weighted by Crippen LogP contribution is -2.11. The number of aromatic nitrogens is 2. The Morgan fingerprint density at radius 2 is 1.71 bits per heavy atom. The molecule has 0 aliphatic carbocycles. The highest BCUT2D eigenvalue weighted by atomic mass is 16.1. The summed E-state index contributed by atoms with van der Waals surface area (Å²) in [7, 11) is 0. The molecule has 0 aliphatic heterocycles. The summed E-state index contributed by atoms with van der Waals surface area (Å²) >= 11 is 0. The molecule has 0 saturated heterocycles. The van der Waals surface area contributed by atoms with Gasteiger partial charge in [0.2, 0.25) is 0 Å².